The summed E-state index contributed by atoms with van der Waals surface area (Å²) < 4.78 is 0. The van der Waals surface area contributed by atoms with E-state index in [9.17, 15) is 9.90 Å². The first-order valence-electron chi connectivity index (χ1n) is 11.0. The highest BCUT2D eigenvalue weighted by Gasteiger charge is 2.55. The van der Waals surface area contributed by atoms with Crippen molar-refractivity contribution in [3.63, 3.8) is 0 Å². The smallest absolute Gasteiger partial charge is 0.224 e. The normalized spacial score (nSPS) is 20.2. The Kier molecular flexibility index (Phi) is 5.06. The maximum Gasteiger partial charge on any atom is 0.224 e. The van der Waals surface area contributed by atoms with Gasteiger partial charge in [0.15, 0.2) is 0 Å². The number of nitrogens with zero attached hydrogens (tertiary/aromatic N) is 4. The van der Waals surface area contributed by atoms with E-state index < -0.39 is 6.04 Å². The van der Waals surface area contributed by atoms with Gasteiger partial charge in [-0.2, -0.15) is 5.26 Å². The number of amides is 1. The average molecular weight is 431 g/mol. The third-order valence-electron chi connectivity index (χ3n) is 7.05. The van der Waals surface area contributed by atoms with Gasteiger partial charge in [0.1, 0.15) is 17.8 Å². The van der Waals surface area contributed by atoms with Gasteiger partial charge in [-0.25, -0.2) is 9.97 Å². The minimum atomic E-state index is -0.481. The van der Waals surface area contributed by atoms with E-state index in [0.29, 0.717) is 5.56 Å². The number of carbonyl (C=O) groups excluding carboxylic acids is 1. The highest BCUT2D eigenvalue weighted by atomic mass is 16.3. The van der Waals surface area contributed by atoms with Crippen LogP contribution in [0.5, 0.6) is 0 Å². The molecule has 164 valence electrons. The van der Waals surface area contributed by atoms with Crippen molar-refractivity contribution in [1.29, 1.82) is 5.26 Å². The largest absolute Gasteiger partial charge is 0.394 e. The second kappa shape index (κ2) is 7.92. The maximum atomic E-state index is 13.3. The van der Waals surface area contributed by atoms with Crippen molar-refractivity contribution in [2.75, 3.05) is 24.6 Å². The lowest BCUT2D eigenvalue weighted by Gasteiger charge is -2.39. The fourth-order valence-electron chi connectivity index (χ4n) is 5.16. The molecule has 2 aliphatic rings. The van der Waals surface area contributed by atoms with Crippen LogP contribution in [0.1, 0.15) is 42.0 Å². The van der Waals surface area contributed by atoms with Gasteiger partial charge in [0.25, 0.3) is 0 Å². The van der Waals surface area contributed by atoms with Crippen LogP contribution < -0.4 is 10.2 Å². The number of hydrogen-bond acceptors (Lipinski definition) is 6. The fraction of sp³-hybridized carbons (Fsp3) is 0.417. The Labute approximate surface area is 186 Å². The molecule has 1 aliphatic carbocycles. The third kappa shape index (κ3) is 3.49. The van der Waals surface area contributed by atoms with Crippen molar-refractivity contribution in [1.82, 2.24) is 20.3 Å². The predicted molar refractivity (Wildman–Crippen MR) is 120 cm³/mol. The van der Waals surface area contributed by atoms with E-state index in [-0.39, 0.29) is 23.8 Å². The molecule has 2 atom stereocenters. The minimum Gasteiger partial charge on any atom is -0.394 e. The van der Waals surface area contributed by atoms with Crippen LogP contribution in [0.2, 0.25) is 0 Å². The van der Waals surface area contributed by atoms with Crippen LogP contribution in [0.3, 0.4) is 0 Å². The van der Waals surface area contributed by atoms with Crippen LogP contribution in [0.15, 0.2) is 36.8 Å². The summed E-state index contributed by atoms with van der Waals surface area (Å²) in [7, 11) is 0. The number of aliphatic hydroxyl groups excluding tert-OH is 1. The summed E-state index contributed by atoms with van der Waals surface area (Å²) in [6.07, 6.45) is 6.23. The Bertz CT molecular complexity index is 1210. The number of hydrogen-bond donors (Lipinski definition) is 3. The Hall–Kier alpha value is -3.44. The molecule has 32 heavy (non-hydrogen) atoms. The number of fused-ring (bicyclic) bond motifs is 1. The van der Waals surface area contributed by atoms with Crippen LogP contribution in [0, 0.1) is 29.6 Å². The van der Waals surface area contributed by atoms with Crippen molar-refractivity contribution in [3.05, 3.63) is 53.5 Å². The SMILES string of the molecule is Cc1cc(C#N)ccc1[C@H](CO)NC(=O)C1CCN(c2ncnc3[nH]ccc23)CC12CC2. The molecule has 0 bridgehead atoms. The fourth-order valence-corrected chi connectivity index (χ4v) is 5.16. The van der Waals surface area contributed by atoms with E-state index in [1.54, 1.807) is 18.5 Å². The molecule has 1 amide bonds. The first kappa shape index (κ1) is 20.5. The van der Waals surface area contributed by atoms with E-state index in [4.69, 9.17) is 5.26 Å². The Balaban J connectivity index is 1.32. The lowest BCUT2D eigenvalue weighted by molar-refractivity contribution is -0.129. The van der Waals surface area contributed by atoms with E-state index in [2.05, 4.69) is 31.2 Å². The van der Waals surface area contributed by atoms with Crippen LogP contribution >= 0.6 is 0 Å². The molecule has 3 aromatic rings. The van der Waals surface area contributed by atoms with E-state index in [1.807, 2.05) is 25.3 Å². The zero-order chi connectivity index (χ0) is 22.3. The average Bonchev–Trinajstić information content (AvgIpc) is 3.38. The second-order valence-corrected chi connectivity index (χ2v) is 8.99. The molecule has 1 aliphatic heterocycles. The van der Waals surface area contributed by atoms with Gasteiger partial charge in [-0.3, -0.25) is 4.79 Å². The summed E-state index contributed by atoms with van der Waals surface area (Å²) in [5, 5.41) is 23.2. The lowest BCUT2D eigenvalue weighted by atomic mass is 9.81. The number of aryl methyl sites for hydroxylation is 1. The molecular formula is C24H26N6O2. The molecule has 2 aromatic heterocycles. The number of piperidine rings is 1. The summed E-state index contributed by atoms with van der Waals surface area (Å²) in [6.45, 7) is 3.25. The van der Waals surface area contributed by atoms with E-state index in [0.717, 1.165) is 60.3 Å². The quantitative estimate of drug-likeness (QED) is 0.573. The predicted octanol–water partition coefficient (Wildman–Crippen LogP) is 2.59. The van der Waals surface area contributed by atoms with Crippen LogP contribution in [-0.4, -0.2) is 45.7 Å². The maximum absolute atomic E-state index is 13.3. The zero-order valence-electron chi connectivity index (χ0n) is 18.0. The molecule has 1 aromatic carbocycles. The molecule has 3 N–H and O–H groups in total. The van der Waals surface area contributed by atoms with Crippen molar-refractivity contribution in [3.8, 4) is 6.07 Å². The van der Waals surface area contributed by atoms with Crippen molar-refractivity contribution in [2.24, 2.45) is 11.3 Å². The Morgan fingerprint density at radius 3 is 2.97 bits per heavy atom. The first-order valence-corrected chi connectivity index (χ1v) is 11.0. The number of rotatable bonds is 5. The zero-order valence-corrected chi connectivity index (χ0v) is 18.0. The highest BCUT2D eigenvalue weighted by Crippen LogP contribution is 2.56. The molecule has 1 saturated heterocycles. The van der Waals surface area contributed by atoms with Crippen LogP contribution in [0.25, 0.3) is 11.0 Å². The van der Waals surface area contributed by atoms with Gasteiger partial charge in [0.2, 0.25) is 5.91 Å². The van der Waals surface area contributed by atoms with Gasteiger partial charge in [-0.1, -0.05) is 6.07 Å². The lowest BCUT2D eigenvalue weighted by Crippen LogP contribution is -2.49. The minimum absolute atomic E-state index is 0.000520. The van der Waals surface area contributed by atoms with Gasteiger partial charge < -0.3 is 20.3 Å². The van der Waals surface area contributed by atoms with Gasteiger partial charge >= 0.3 is 0 Å². The summed E-state index contributed by atoms with van der Waals surface area (Å²) >= 11 is 0. The van der Waals surface area contributed by atoms with Crippen molar-refractivity contribution < 1.29 is 9.90 Å². The standard InChI is InChI=1S/C24H26N6O2/c1-15-10-16(11-25)2-3-17(15)20(12-31)29-23(32)19-5-9-30(13-24(19)6-7-24)22-18-4-8-26-21(18)27-14-28-22/h2-4,8,10,14,19-20,31H,5-7,9,12-13H2,1H3,(H,29,32)(H,26,27,28)/t19?,20-/m0/s1. The number of carbonyl (C=O) groups is 1. The van der Waals surface area contributed by atoms with Crippen molar-refractivity contribution >= 4 is 22.8 Å². The summed E-state index contributed by atoms with van der Waals surface area (Å²) in [4.78, 5) is 27.5. The van der Waals surface area contributed by atoms with Gasteiger partial charge in [0, 0.05) is 25.2 Å². The van der Waals surface area contributed by atoms with Gasteiger partial charge in [-0.05, 0) is 60.9 Å². The number of aromatic amines is 1. The second-order valence-electron chi connectivity index (χ2n) is 8.99. The number of H-pyrrole nitrogens is 1. The molecule has 1 spiro atoms. The number of nitriles is 1. The Morgan fingerprint density at radius 2 is 2.25 bits per heavy atom. The molecule has 1 saturated carbocycles. The van der Waals surface area contributed by atoms with E-state index in [1.165, 1.54) is 0 Å². The van der Waals surface area contributed by atoms with Crippen LogP contribution in [0.4, 0.5) is 5.82 Å². The Morgan fingerprint density at radius 1 is 1.41 bits per heavy atom. The molecular weight excluding hydrogens is 404 g/mol. The summed E-state index contributed by atoms with van der Waals surface area (Å²) in [5.41, 5.74) is 3.08. The van der Waals surface area contributed by atoms with Gasteiger partial charge in [0.05, 0.1) is 29.7 Å². The number of anilines is 1. The molecule has 3 heterocycles. The molecule has 2 fully saturated rings. The molecule has 8 nitrogen and oxygen atoms in total. The number of nitrogens with one attached hydrogen (secondary N) is 2. The van der Waals surface area contributed by atoms with E-state index >= 15 is 0 Å². The molecule has 0 radical (unpaired) electrons. The van der Waals surface area contributed by atoms with Crippen LogP contribution in [-0.2, 0) is 4.79 Å². The van der Waals surface area contributed by atoms with Gasteiger partial charge in [-0.15, -0.1) is 0 Å². The molecule has 8 heteroatoms. The number of aliphatic hydroxyl groups is 1. The molecule has 5 rings (SSSR count). The number of aromatic nitrogens is 3. The first-order chi connectivity index (χ1) is 15.5. The van der Waals surface area contributed by atoms with Crippen molar-refractivity contribution in [2.45, 2.75) is 32.2 Å². The summed E-state index contributed by atoms with van der Waals surface area (Å²) in [6, 6.07) is 8.97. The number of benzene rings is 1. The monoisotopic (exact) mass is 430 g/mol. The third-order valence-corrected chi connectivity index (χ3v) is 7.05. The molecule has 1 unspecified atom stereocenters. The highest BCUT2D eigenvalue weighted by molar-refractivity contribution is 5.88. The summed E-state index contributed by atoms with van der Waals surface area (Å²) in [5.74, 6) is 0.831. The topological polar surface area (TPSA) is 118 Å².